The number of rotatable bonds is 10. The average Bonchev–Trinajstić information content (AvgIpc) is 2.54. The van der Waals surface area contributed by atoms with Crippen LogP contribution in [-0.4, -0.2) is 66.1 Å². The highest BCUT2D eigenvalue weighted by molar-refractivity contribution is 6.42. The van der Waals surface area contributed by atoms with Crippen molar-refractivity contribution < 1.29 is 10.4 Å². The number of oxime groups is 2. The van der Waals surface area contributed by atoms with E-state index in [2.05, 4.69) is 37.9 Å². The lowest BCUT2D eigenvalue weighted by Crippen LogP contribution is -2.32. The van der Waals surface area contributed by atoms with Gasteiger partial charge in [0.15, 0.2) is 5.84 Å². The quantitative estimate of drug-likeness (QED) is 0.159. The molecule has 8 nitrogen and oxygen atoms in total. The molecule has 8 heteroatoms. The Hall–Kier alpha value is -1.80. The largest absolute Gasteiger partial charge is 0.411 e. The van der Waals surface area contributed by atoms with E-state index in [9.17, 15) is 0 Å². The van der Waals surface area contributed by atoms with Gasteiger partial charge in [-0.15, -0.1) is 0 Å². The van der Waals surface area contributed by atoms with E-state index >= 15 is 0 Å². The minimum Gasteiger partial charge on any atom is -0.411 e. The smallest absolute Gasteiger partial charge is 0.181 e. The molecule has 0 spiro atoms. The number of aliphatic imine (C=N–C) groups is 2. The monoisotopic (exact) mass is 312 g/mol. The summed E-state index contributed by atoms with van der Waals surface area (Å²) in [6.45, 7) is 10.9. The van der Waals surface area contributed by atoms with Crippen LogP contribution in [0.2, 0.25) is 0 Å². The summed E-state index contributed by atoms with van der Waals surface area (Å²) in [5, 5.41) is 30.0. The molecule has 0 saturated heterocycles. The summed E-state index contributed by atoms with van der Waals surface area (Å²) >= 11 is 0. The molecule has 0 aromatic rings. The van der Waals surface area contributed by atoms with Crippen LogP contribution >= 0.6 is 0 Å². The predicted molar refractivity (Wildman–Crippen MR) is 91.2 cm³/mol. The molecule has 0 rings (SSSR count). The third-order valence-corrected chi connectivity index (χ3v) is 3.03. The number of nitrogens with one attached hydrogen (secondary N) is 2. The van der Waals surface area contributed by atoms with Crippen LogP contribution in [0.15, 0.2) is 20.3 Å². The summed E-state index contributed by atoms with van der Waals surface area (Å²) in [7, 11) is 0. The number of nitrogens with zero attached hydrogens (tertiary/aromatic N) is 4. The first-order valence-electron chi connectivity index (χ1n) is 7.41. The van der Waals surface area contributed by atoms with Gasteiger partial charge in [-0.2, -0.15) is 0 Å². The van der Waals surface area contributed by atoms with Gasteiger partial charge in [0.1, 0.15) is 0 Å². The molecule has 0 atom stereocenters. The fourth-order valence-corrected chi connectivity index (χ4v) is 1.38. The molecule has 126 valence electrons. The van der Waals surface area contributed by atoms with Gasteiger partial charge < -0.3 is 21.0 Å². The third kappa shape index (κ3) is 10.0. The zero-order chi connectivity index (χ0) is 16.8. The summed E-state index contributed by atoms with van der Waals surface area (Å²) < 4.78 is 0. The van der Waals surface area contributed by atoms with Crippen molar-refractivity contribution in [2.75, 3.05) is 32.7 Å². The predicted octanol–water partition coefficient (Wildman–Crippen LogP) is 1.14. The average molecular weight is 312 g/mol. The van der Waals surface area contributed by atoms with Crippen LogP contribution in [0, 0.1) is 0 Å². The molecule has 0 aromatic carbocycles. The van der Waals surface area contributed by atoms with Gasteiger partial charge in [-0.25, -0.2) is 4.99 Å². The van der Waals surface area contributed by atoms with Crippen molar-refractivity contribution in [3.63, 3.8) is 0 Å². The lowest BCUT2D eigenvalue weighted by atomic mass is 10.3. The molecule has 0 unspecified atom stereocenters. The van der Waals surface area contributed by atoms with Crippen LogP contribution in [-0.2, 0) is 0 Å². The van der Waals surface area contributed by atoms with Gasteiger partial charge in [0.2, 0.25) is 0 Å². The van der Waals surface area contributed by atoms with Gasteiger partial charge in [0.25, 0.3) is 0 Å². The Morgan fingerprint density at radius 3 is 2.18 bits per heavy atom. The zero-order valence-corrected chi connectivity index (χ0v) is 13.9. The Labute approximate surface area is 132 Å². The Bertz CT molecular complexity index is 429. The molecule has 0 aliphatic rings. The van der Waals surface area contributed by atoms with E-state index in [0.29, 0.717) is 18.0 Å². The fourth-order valence-electron chi connectivity index (χ4n) is 1.38. The molecule has 22 heavy (non-hydrogen) atoms. The molecule has 0 aliphatic carbocycles. The van der Waals surface area contributed by atoms with Crippen LogP contribution in [0.25, 0.3) is 0 Å². The normalized spacial score (nSPS) is 14.5. The summed E-state index contributed by atoms with van der Waals surface area (Å²) in [4.78, 5) is 8.46. The Balaban J connectivity index is 3.86. The molecule has 0 amide bonds. The van der Waals surface area contributed by atoms with Crippen molar-refractivity contribution in [1.82, 2.24) is 10.6 Å². The maximum atomic E-state index is 8.89. The van der Waals surface area contributed by atoms with E-state index in [0.717, 1.165) is 32.6 Å². The summed E-state index contributed by atoms with van der Waals surface area (Å²) in [6, 6.07) is 0. The third-order valence-electron chi connectivity index (χ3n) is 3.03. The molecule has 0 bridgehead atoms. The van der Waals surface area contributed by atoms with Crippen LogP contribution in [0.5, 0.6) is 0 Å². The minimum absolute atomic E-state index is 0.240. The molecule has 0 saturated carbocycles. The summed E-state index contributed by atoms with van der Waals surface area (Å²) in [5.74, 6) is 0.240. The van der Waals surface area contributed by atoms with Crippen molar-refractivity contribution in [2.45, 2.75) is 34.1 Å². The van der Waals surface area contributed by atoms with E-state index < -0.39 is 0 Å². The molecular weight excluding hydrogens is 284 g/mol. The van der Waals surface area contributed by atoms with E-state index in [1.807, 2.05) is 6.92 Å². The maximum Gasteiger partial charge on any atom is 0.181 e. The van der Waals surface area contributed by atoms with Crippen molar-refractivity contribution in [3.8, 4) is 0 Å². The molecule has 0 heterocycles. The highest BCUT2D eigenvalue weighted by Gasteiger charge is 2.02. The number of amidine groups is 1. The van der Waals surface area contributed by atoms with Crippen molar-refractivity contribution in [1.29, 1.82) is 0 Å². The lowest BCUT2D eigenvalue weighted by molar-refractivity contribution is 0.317. The van der Waals surface area contributed by atoms with Crippen molar-refractivity contribution in [3.05, 3.63) is 0 Å². The first-order chi connectivity index (χ1) is 10.5. The standard InChI is InChI=1S/C14H28N6O2/c1-5-11(2)17-9-8-15-6-7-16-10-14(20-22)18-12(3)13(4)19-21/h15-16,21-22H,5-10H2,1-4H3/b17-11?,18-12+,19-13+,20-14-. The second-order valence-corrected chi connectivity index (χ2v) is 4.80. The van der Waals surface area contributed by atoms with Gasteiger partial charge in [-0.3, -0.25) is 4.99 Å². The SMILES string of the molecule is CCC(C)=NCCNCCNCC(=N/O)/N=C(C)/C(C)=N/O. The van der Waals surface area contributed by atoms with Crippen LogP contribution in [0.4, 0.5) is 0 Å². The second kappa shape index (κ2) is 12.9. The maximum absolute atomic E-state index is 8.89. The minimum atomic E-state index is 0.240. The first kappa shape index (κ1) is 20.2. The number of hydrogen-bond acceptors (Lipinski definition) is 7. The zero-order valence-electron chi connectivity index (χ0n) is 13.9. The van der Waals surface area contributed by atoms with Gasteiger partial charge >= 0.3 is 0 Å². The van der Waals surface area contributed by atoms with E-state index in [1.54, 1.807) is 13.8 Å². The molecule has 4 N–H and O–H groups in total. The molecule has 0 aliphatic heterocycles. The summed E-state index contributed by atoms with van der Waals surface area (Å²) in [6.07, 6.45) is 0.991. The molecule has 0 fully saturated rings. The van der Waals surface area contributed by atoms with E-state index in [-0.39, 0.29) is 5.84 Å². The summed E-state index contributed by atoms with van der Waals surface area (Å²) in [5.41, 5.74) is 2.05. The van der Waals surface area contributed by atoms with Gasteiger partial charge in [0, 0.05) is 25.3 Å². The van der Waals surface area contributed by atoms with Gasteiger partial charge in [0.05, 0.1) is 24.5 Å². The van der Waals surface area contributed by atoms with Crippen LogP contribution in [0.1, 0.15) is 34.1 Å². The molecular formula is C14H28N6O2. The van der Waals surface area contributed by atoms with Crippen LogP contribution < -0.4 is 10.6 Å². The Kier molecular flexibility index (Phi) is 11.8. The second-order valence-electron chi connectivity index (χ2n) is 4.80. The van der Waals surface area contributed by atoms with E-state index in [1.165, 1.54) is 5.71 Å². The van der Waals surface area contributed by atoms with E-state index in [4.69, 9.17) is 10.4 Å². The Morgan fingerprint density at radius 1 is 0.909 bits per heavy atom. The van der Waals surface area contributed by atoms with Gasteiger partial charge in [-0.1, -0.05) is 17.2 Å². The topological polar surface area (TPSA) is 114 Å². The molecule has 0 radical (unpaired) electrons. The van der Waals surface area contributed by atoms with Gasteiger partial charge in [-0.05, 0) is 27.2 Å². The highest BCUT2D eigenvalue weighted by atomic mass is 16.4. The fraction of sp³-hybridized carbons (Fsp3) is 0.714. The number of hydrogen-bond donors (Lipinski definition) is 4. The molecule has 0 aromatic heterocycles. The highest BCUT2D eigenvalue weighted by Crippen LogP contribution is 1.87. The first-order valence-corrected chi connectivity index (χ1v) is 7.41. The van der Waals surface area contributed by atoms with Crippen molar-refractivity contribution >= 4 is 23.0 Å². The van der Waals surface area contributed by atoms with Crippen molar-refractivity contribution in [2.24, 2.45) is 20.3 Å². The lowest BCUT2D eigenvalue weighted by Gasteiger charge is -2.06. The van der Waals surface area contributed by atoms with Crippen LogP contribution in [0.3, 0.4) is 0 Å². The Morgan fingerprint density at radius 2 is 1.59 bits per heavy atom.